The minimum Gasteiger partial charge on any atom is -0.489 e. The predicted octanol–water partition coefficient (Wildman–Crippen LogP) is 4.35. The molecule has 2 heterocycles. The van der Waals surface area contributed by atoms with Crippen molar-refractivity contribution >= 4 is 22.9 Å². The quantitative estimate of drug-likeness (QED) is 0.400. The SMILES string of the molecule is CC(C)N(Cc1nc2ccccc2c(=O)[nH]1)C(=O)C=Cc1ccc(OCc2cccnc2)cc1. The second kappa shape index (κ2) is 10.6. The lowest BCUT2D eigenvalue weighted by molar-refractivity contribution is -0.128. The lowest BCUT2D eigenvalue weighted by Gasteiger charge is -2.25. The van der Waals surface area contributed by atoms with Gasteiger partial charge in [-0.05, 0) is 55.8 Å². The van der Waals surface area contributed by atoms with Crippen LogP contribution in [0.5, 0.6) is 5.75 Å². The number of ether oxygens (including phenoxy) is 1. The Balaban J connectivity index is 1.41. The summed E-state index contributed by atoms with van der Waals surface area (Å²) >= 11 is 0. The average Bonchev–Trinajstić information content (AvgIpc) is 2.86. The van der Waals surface area contributed by atoms with Crippen LogP contribution in [0.3, 0.4) is 0 Å². The van der Waals surface area contributed by atoms with E-state index in [-0.39, 0.29) is 24.1 Å². The summed E-state index contributed by atoms with van der Waals surface area (Å²) in [6, 6.07) is 18.4. The smallest absolute Gasteiger partial charge is 0.258 e. The van der Waals surface area contributed by atoms with Crippen molar-refractivity contribution in [1.29, 1.82) is 0 Å². The van der Waals surface area contributed by atoms with Crippen LogP contribution < -0.4 is 10.3 Å². The number of fused-ring (bicyclic) bond motifs is 1. The van der Waals surface area contributed by atoms with Gasteiger partial charge in [0, 0.05) is 30.1 Å². The molecule has 34 heavy (non-hydrogen) atoms. The molecular formula is C27H26N4O3. The summed E-state index contributed by atoms with van der Waals surface area (Å²) in [6.45, 7) is 4.51. The van der Waals surface area contributed by atoms with Crippen LogP contribution in [-0.4, -0.2) is 31.8 Å². The lowest BCUT2D eigenvalue weighted by atomic mass is 10.2. The molecule has 0 atom stereocenters. The summed E-state index contributed by atoms with van der Waals surface area (Å²) in [7, 11) is 0. The Kier molecular flexibility index (Phi) is 7.13. The van der Waals surface area contributed by atoms with Gasteiger partial charge >= 0.3 is 0 Å². The molecule has 172 valence electrons. The maximum atomic E-state index is 12.9. The highest BCUT2D eigenvalue weighted by Gasteiger charge is 2.17. The Hall–Kier alpha value is -4.26. The summed E-state index contributed by atoms with van der Waals surface area (Å²) in [5.41, 5.74) is 2.27. The molecule has 0 saturated heterocycles. The highest BCUT2D eigenvalue weighted by Crippen LogP contribution is 2.16. The van der Waals surface area contributed by atoms with Gasteiger partial charge in [-0.1, -0.05) is 30.3 Å². The van der Waals surface area contributed by atoms with Gasteiger partial charge in [-0.15, -0.1) is 0 Å². The molecule has 0 unspecified atom stereocenters. The molecule has 7 heteroatoms. The lowest BCUT2D eigenvalue weighted by Crippen LogP contribution is -2.36. The second-order valence-corrected chi connectivity index (χ2v) is 8.14. The Morgan fingerprint density at radius 3 is 2.62 bits per heavy atom. The molecular weight excluding hydrogens is 428 g/mol. The van der Waals surface area contributed by atoms with E-state index < -0.39 is 0 Å². The molecule has 1 amide bonds. The number of hydrogen-bond acceptors (Lipinski definition) is 5. The topological polar surface area (TPSA) is 88.2 Å². The van der Waals surface area contributed by atoms with Crippen LogP contribution in [0, 0.1) is 0 Å². The highest BCUT2D eigenvalue weighted by atomic mass is 16.5. The summed E-state index contributed by atoms with van der Waals surface area (Å²) in [4.78, 5) is 38.3. The number of para-hydroxylation sites is 1. The zero-order valence-electron chi connectivity index (χ0n) is 19.1. The first kappa shape index (κ1) is 22.9. The van der Waals surface area contributed by atoms with Crippen molar-refractivity contribution in [2.24, 2.45) is 0 Å². The number of H-pyrrole nitrogens is 1. The van der Waals surface area contributed by atoms with Crippen molar-refractivity contribution in [2.75, 3.05) is 0 Å². The average molecular weight is 455 g/mol. The van der Waals surface area contributed by atoms with Gasteiger partial charge in [0.2, 0.25) is 5.91 Å². The molecule has 7 nitrogen and oxygen atoms in total. The molecule has 4 rings (SSSR count). The van der Waals surface area contributed by atoms with Crippen LogP contribution in [0.25, 0.3) is 17.0 Å². The Morgan fingerprint density at radius 2 is 1.88 bits per heavy atom. The van der Waals surface area contributed by atoms with E-state index in [1.165, 1.54) is 6.08 Å². The van der Waals surface area contributed by atoms with Crippen molar-refractivity contribution in [3.05, 3.63) is 106 Å². The third-order valence-corrected chi connectivity index (χ3v) is 5.32. The van der Waals surface area contributed by atoms with E-state index in [1.54, 1.807) is 41.6 Å². The van der Waals surface area contributed by atoms with Crippen LogP contribution in [0.4, 0.5) is 0 Å². The minimum absolute atomic E-state index is 0.0721. The summed E-state index contributed by atoms with van der Waals surface area (Å²) in [5, 5.41) is 0.529. The zero-order valence-corrected chi connectivity index (χ0v) is 19.1. The number of carbonyl (C=O) groups is 1. The Bertz CT molecular complexity index is 1350. The number of rotatable bonds is 8. The first-order valence-corrected chi connectivity index (χ1v) is 11.1. The number of aromatic nitrogens is 3. The van der Waals surface area contributed by atoms with Crippen molar-refractivity contribution in [3.63, 3.8) is 0 Å². The standard InChI is InChI=1S/C27H26N4O3/c1-19(2)31(17-25-29-24-8-4-3-7-23(24)27(33)30-25)26(32)14-11-20-9-12-22(13-10-20)34-18-21-6-5-15-28-16-21/h3-16,19H,17-18H2,1-2H3,(H,29,30,33). The summed E-state index contributed by atoms with van der Waals surface area (Å²) in [6.07, 6.45) is 6.79. The Labute approximate surface area is 197 Å². The van der Waals surface area contributed by atoms with E-state index in [0.29, 0.717) is 23.3 Å². The zero-order chi connectivity index (χ0) is 23.9. The van der Waals surface area contributed by atoms with E-state index >= 15 is 0 Å². The predicted molar refractivity (Wildman–Crippen MR) is 132 cm³/mol. The number of nitrogens with zero attached hydrogens (tertiary/aromatic N) is 3. The number of carbonyl (C=O) groups excluding carboxylic acids is 1. The molecule has 2 aromatic heterocycles. The molecule has 0 aliphatic heterocycles. The van der Waals surface area contributed by atoms with Gasteiger partial charge in [0.25, 0.3) is 5.56 Å². The van der Waals surface area contributed by atoms with E-state index in [0.717, 1.165) is 16.9 Å². The first-order valence-electron chi connectivity index (χ1n) is 11.1. The fourth-order valence-electron chi connectivity index (χ4n) is 3.47. The molecule has 0 spiro atoms. The monoisotopic (exact) mass is 454 g/mol. The number of pyridine rings is 1. The van der Waals surface area contributed by atoms with Crippen molar-refractivity contribution in [3.8, 4) is 5.75 Å². The molecule has 0 bridgehead atoms. The molecule has 2 aromatic carbocycles. The van der Waals surface area contributed by atoms with Crippen LogP contribution in [-0.2, 0) is 17.9 Å². The van der Waals surface area contributed by atoms with E-state index in [2.05, 4.69) is 15.0 Å². The number of hydrogen-bond donors (Lipinski definition) is 1. The van der Waals surface area contributed by atoms with Crippen molar-refractivity contribution in [1.82, 2.24) is 19.9 Å². The number of aromatic amines is 1. The van der Waals surface area contributed by atoms with Crippen LogP contribution >= 0.6 is 0 Å². The van der Waals surface area contributed by atoms with E-state index in [1.807, 2.05) is 56.3 Å². The molecule has 4 aromatic rings. The summed E-state index contributed by atoms with van der Waals surface area (Å²) in [5.74, 6) is 1.03. The second-order valence-electron chi connectivity index (χ2n) is 8.14. The fraction of sp³-hybridized carbons (Fsp3) is 0.185. The molecule has 0 saturated carbocycles. The van der Waals surface area contributed by atoms with Crippen molar-refractivity contribution in [2.45, 2.75) is 33.0 Å². The Morgan fingerprint density at radius 1 is 1.09 bits per heavy atom. The highest BCUT2D eigenvalue weighted by molar-refractivity contribution is 5.92. The van der Waals surface area contributed by atoms with Crippen LogP contribution in [0.2, 0.25) is 0 Å². The largest absolute Gasteiger partial charge is 0.489 e. The molecule has 1 N–H and O–H groups in total. The molecule has 0 aliphatic rings. The van der Waals surface area contributed by atoms with E-state index in [4.69, 9.17) is 4.74 Å². The van der Waals surface area contributed by atoms with Gasteiger partial charge in [-0.2, -0.15) is 0 Å². The fourth-order valence-corrected chi connectivity index (χ4v) is 3.47. The summed E-state index contributed by atoms with van der Waals surface area (Å²) < 4.78 is 5.77. The van der Waals surface area contributed by atoms with Crippen molar-refractivity contribution < 1.29 is 9.53 Å². The van der Waals surface area contributed by atoms with Gasteiger partial charge in [0.05, 0.1) is 17.4 Å². The first-order chi connectivity index (χ1) is 16.5. The van der Waals surface area contributed by atoms with Gasteiger partial charge in [0.15, 0.2) is 0 Å². The van der Waals surface area contributed by atoms with Gasteiger partial charge in [-0.25, -0.2) is 4.98 Å². The van der Waals surface area contributed by atoms with E-state index in [9.17, 15) is 9.59 Å². The number of amides is 1. The minimum atomic E-state index is -0.210. The third kappa shape index (κ3) is 5.75. The third-order valence-electron chi connectivity index (χ3n) is 5.32. The molecule has 0 fully saturated rings. The molecule has 0 aliphatic carbocycles. The molecule has 0 radical (unpaired) electrons. The maximum absolute atomic E-state index is 12.9. The van der Waals surface area contributed by atoms with Crippen LogP contribution in [0.15, 0.2) is 83.9 Å². The normalized spacial score (nSPS) is 11.3. The van der Waals surface area contributed by atoms with Gasteiger partial charge in [0.1, 0.15) is 18.2 Å². The van der Waals surface area contributed by atoms with Gasteiger partial charge < -0.3 is 14.6 Å². The van der Waals surface area contributed by atoms with Gasteiger partial charge in [-0.3, -0.25) is 14.6 Å². The van der Waals surface area contributed by atoms with Crippen LogP contribution in [0.1, 0.15) is 30.8 Å². The number of benzene rings is 2. The number of nitrogens with one attached hydrogen (secondary N) is 1. The maximum Gasteiger partial charge on any atom is 0.258 e.